The summed E-state index contributed by atoms with van der Waals surface area (Å²) in [5, 5.41) is 5.06. The van der Waals surface area contributed by atoms with Gasteiger partial charge in [0.15, 0.2) is 5.96 Å². The topological polar surface area (TPSA) is 79.5 Å². The molecule has 0 spiro atoms. The van der Waals surface area contributed by atoms with E-state index in [4.69, 9.17) is 5.73 Å². The van der Waals surface area contributed by atoms with Gasteiger partial charge in [0.05, 0.1) is 0 Å². The van der Waals surface area contributed by atoms with Crippen molar-refractivity contribution in [1.29, 1.82) is 0 Å². The van der Waals surface area contributed by atoms with Crippen molar-refractivity contribution in [3.05, 3.63) is 0 Å². The monoisotopic (exact) mass is 154 g/mol. The Balaban J connectivity index is 2.09. The molecule has 0 radical (unpaired) electrons. The fourth-order valence-electron chi connectivity index (χ4n) is 1.14. The molecule has 1 saturated carbocycles. The highest BCUT2D eigenvalue weighted by molar-refractivity contribution is 5.97. The third-order valence-electron chi connectivity index (χ3n) is 1.87. The van der Waals surface area contributed by atoms with Crippen molar-refractivity contribution < 1.29 is 4.79 Å². The third kappa shape index (κ3) is 1.26. The van der Waals surface area contributed by atoms with Crippen LogP contribution in [-0.2, 0) is 0 Å². The lowest BCUT2D eigenvalue weighted by atomic mass is 10.3. The van der Waals surface area contributed by atoms with Crippen LogP contribution in [0.4, 0.5) is 4.79 Å². The zero-order valence-electron chi connectivity index (χ0n) is 6.00. The molecule has 0 aromatic rings. The highest BCUT2D eigenvalue weighted by Crippen LogP contribution is 2.33. The van der Waals surface area contributed by atoms with Crippen molar-refractivity contribution in [2.75, 3.05) is 0 Å². The standard InChI is InChI=1S/C6H10N4O/c7-5-8-4(3-1-2-3)9-6(11)10-5/h3-4H,1-2H2,(H4,7,8,9,10,11). The van der Waals surface area contributed by atoms with Crippen LogP contribution in [0.3, 0.4) is 0 Å². The lowest BCUT2D eigenvalue weighted by molar-refractivity contribution is 0.238. The number of amides is 2. The van der Waals surface area contributed by atoms with Gasteiger partial charge in [0.1, 0.15) is 6.17 Å². The molecule has 4 N–H and O–H groups in total. The molecule has 60 valence electrons. The van der Waals surface area contributed by atoms with E-state index in [1.165, 1.54) is 0 Å². The summed E-state index contributed by atoms with van der Waals surface area (Å²) in [7, 11) is 0. The molecule has 0 saturated heterocycles. The van der Waals surface area contributed by atoms with Gasteiger partial charge < -0.3 is 11.1 Å². The summed E-state index contributed by atoms with van der Waals surface area (Å²) in [5.41, 5.74) is 5.36. The molecule has 2 amide bonds. The SMILES string of the molecule is NC1=NC(C2CC2)NC(=O)N1. The molecular weight excluding hydrogens is 144 g/mol. The van der Waals surface area contributed by atoms with Gasteiger partial charge in [-0.3, -0.25) is 5.32 Å². The molecule has 1 aliphatic carbocycles. The highest BCUT2D eigenvalue weighted by Gasteiger charge is 2.34. The maximum absolute atomic E-state index is 10.8. The van der Waals surface area contributed by atoms with Crippen molar-refractivity contribution in [2.24, 2.45) is 16.6 Å². The van der Waals surface area contributed by atoms with Gasteiger partial charge in [0, 0.05) is 0 Å². The average Bonchev–Trinajstić information content (AvgIpc) is 2.64. The Hall–Kier alpha value is -1.26. The Morgan fingerprint density at radius 1 is 1.55 bits per heavy atom. The summed E-state index contributed by atoms with van der Waals surface area (Å²) in [6.07, 6.45) is 2.20. The molecule has 1 unspecified atom stereocenters. The quantitative estimate of drug-likeness (QED) is 0.469. The van der Waals surface area contributed by atoms with Crippen LogP contribution in [0.15, 0.2) is 4.99 Å². The Morgan fingerprint density at radius 2 is 2.27 bits per heavy atom. The second-order valence-electron chi connectivity index (χ2n) is 2.90. The van der Waals surface area contributed by atoms with Crippen molar-refractivity contribution in [2.45, 2.75) is 19.0 Å². The van der Waals surface area contributed by atoms with Crippen LogP contribution in [0.1, 0.15) is 12.8 Å². The van der Waals surface area contributed by atoms with E-state index in [-0.39, 0.29) is 18.2 Å². The van der Waals surface area contributed by atoms with Crippen molar-refractivity contribution in [1.82, 2.24) is 10.6 Å². The molecule has 2 rings (SSSR count). The van der Waals surface area contributed by atoms with Gasteiger partial charge in [-0.2, -0.15) is 0 Å². The number of carbonyl (C=O) groups is 1. The molecule has 0 aromatic heterocycles. The third-order valence-corrected chi connectivity index (χ3v) is 1.87. The highest BCUT2D eigenvalue weighted by atomic mass is 16.2. The maximum atomic E-state index is 10.8. The average molecular weight is 154 g/mol. The lowest BCUT2D eigenvalue weighted by Crippen LogP contribution is -2.53. The van der Waals surface area contributed by atoms with Gasteiger partial charge in [-0.05, 0) is 18.8 Å². The van der Waals surface area contributed by atoms with E-state index in [1.54, 1.807) is 0 Å². The predicted molar refractivity (Wildman–Crippen MR) is 39.8 cm³/mol. The normalized spacial score (nSPS) is 30.4. The summed E-state index contributed by atoms with van der Waals surface area (Å²) >= 11 is 0. The predicted octanol–water partition coefficient (Wildman–Crippen LogP) is -0.650. The minimum atomic E-state index is -0.241. The summed E-state index contributed by atoms with van der Waals surface area (Å²) in [4.78, 5) is 14.9. The van der Waals surface area contributed by atoms with E-state index in [2.05, 4.69) is 15.6 Å². The van der Waals surface area contributed by atoms with Crippen LogP contribution in [0.2, 0.25) is 0 Å². The molecule has 0 bridgehead atoms. The molecule has 5 nitrogen and oxygen atoms in total. The number of nitrogens with one attached hydrogen (secondary N) is 2. The van der Waals surface area contributed by atoms with E-state index in [1.807, 2.05) is 0 Å². The van der Waals surface area contributed by atoms with E-state index in [0.717, 1.165) is 12.8 Å². The first-order valence-electron chi connectivity index (χ1n) is 3.66. The van der Waals surface area contributed by atoms with Gasteiger partial charge in [-0.25, -0.2) is 9.79 Å². The number of aliphatic imine (C=N–C) groups is 1. The van der Waals surface area contributed by atoms with Crippen LogP contribution < -0.4 is 16.4 Å². The number of carbonyl (C=O) groups excluding carboxylic acids is 1. The number of hydrogen-bond acceptors (Lipinski definition) is 3. The minimum absolute atomic E-state index is 0.0799. The molecule has 1 atom stereocenters. The molecule has 1 fully saturated rings. The number of nitrogens with two attached hydrogens (primary N) is 1. The Bertz CT molecular complexity index is 221. The second-order valence-corrected chi connectivity index (χ2v) is 2.90. The van der Waals surface area contributed by atoms with Gasteiger partial charge in [0.25, 0.3) is 0 Å². The largest absolute Gasteiger partial charge is 0.370 e. The Morgan fingerprint density at radius 3 is 2.82 bits per heavy atom. The maximum Gasteiger partial charge on any atom is 0.323 e. The summed E-state index contributed by atoms with van der Waals surface area (Å²) in [6.45, 7) is 0. The van der Waals surface area contributed by atoms with Gasteiger partial charge >= 0.3 is 6.03 Å². The lowest BCUT2D eigenvalue weighted by Gasteiger charge is -2.19. The summed E-state index contributed by atoms with van der Waals surface area (Å²) in [6, 6.07) is -0.241. The minimum Gasteiger partial charge on any atom is -0.370 e. The van der Waals surface area contributed by atoms with E-state index >= 15 is 0 Å². The van der Waals surface area contributed by atoms with Crippen LogP contribution in [0.25, 0.3) is 0 Å². The van der Waals surface area contributed by atoms with Crippen molar-refractivity contribution in [3.63, 3.8) is 0 Å². The van der Waals surface area contributed by atoms with E-state index in [0.29, 0.717) is 5.92 Å². The van der Waals surface area contributed by atoms with Crippen molar-refractivity contribution in [3.8, 4) is 0 Å². The van der Waals surface area contributed by atoms with E-state index in [9.17, 15) is 4.79 Å². The van der Waals surface area contributed by atoms with E-state index < -0.39 is 0 Å². The van der Waals surface area contributed by atoms with Gasteiger partial charge in [-0.15, -0.1) is 0 Å². The number of urea groups is 1. The van der Waals surface area contributed by atoms with Crippen LogP contribution in [0.5, 0.6) is 0 Å². The van der Waals surface area contributed by atoms with Gasteiger partial charge in [-0.1, -0.05) is 0 Å². The first-order valence-corrected chi connectivity index (χ1v) is 3.66. The number of rotatable bonds is 1. The number of hydrogen-bond donors (Lipinski definition) is 3. The molecular formula is C6H10N4O. The summed E-state index contributed by atoms with van der Waals surface area (Å²) < 4.78 is 0. The number of guanidine groups is 1. The Kier molecular flexibility index (Phi) is 1.24. The molecule has 1 aliphatic heterocycles. The zero-order chi connectivity index (χ0) is 7.84. The van der Waals surface area contributed by atoms with Crippen LogP contribution >= 0.6 is 0 Å². The Labute approximate surface area is 64.0 Å². The molecule has 2 aliphatic rings. The number of nitrogens with zero attached hydrogens (tertiary/aromatic N) is 1. The molecule has 0 aromatic carbocycles. The van der Waals surface area contributed by atoms with Crippen molar-refractivity contribution >= 4 is 12.0 Å². The second kappa shape index (κ2) is 2.11. The molecule has 5 heteroatoms. The fraction of sp³-hybridized carbons (Fsp3) is 0.667. The van der Waals surface area contributed by atoms with Crippen LogP contribution in [-0.4, -0.2) is 18.2 Å². The smallest absolute Gasteiger partial charge is 0.323 e. The molecule has 11 heavy (non-hydrogen) atoms. The summed E-state index contributed by atoms with van der Waals surface area (Å²) in [5.74, 6) is 0.741. The first kappa shape index (κ1) is 6.45. The first-order chi connectivity index (χ1) is 5.25. The zero-order valence-corrected chi connectivity index (χ0v) is 6.00. The van der Waals surface area contributed by atoms with Crippen LogP contribution in [0, 0.1) is 5.92 Å². The fourth-order valence-corrected chi connectivity index (χ4v) is 1.14. The van der Waals surface area contributed by atoms with Gasteiger partial charge in [0.2, 0.25) is 0 Å². The molecule has 1 heterocycles.